The molecule has 0 spiro atoms. The van der Waals surface area contributed by atoms with Gasteiger partial charge in [0.1, 0.15) is 0 Å². The summed E-state index contributed by atoms with van der Waals surface area (Å²) in [5, 5.41) is 7.57. The summed E-state index contributed by atoms with van der Waals surface area (Å²) >= 11 is 0. The summed E-state index contributed by atoms with van der Waals surface area (Å²) in [6, 6.07) is 0. The topological polar surface area (TPSA) is 20.2 Å². The maximum Gasteiger partial charge on any atom is 0.0402 e. The molecular formula is C14H32O. The Kier molecular flexibility index (Phi) is 13.9. The molecule has 1 heteroatoms. The third kappa shape index (κ3) is 10.2. The minimum atomic E-state index is 0.250. The Morgan fingerprint density at radius 2 is 1.47 bits per heavy atom. The summed E-state index contributed by atoms with van der Waals surface area (Å²) in [4.78, 5) is 0. The second-order valence-corrected chi connectivity index (χ2v) is 4.44. The highest BCUT2D eigenvalue weighted by molar-refractivity contribution is 4.79. The van der Waals surface area contributed by atoms with E-state index >= 15 is 0 Å². The maximum absolute atomic E-state index is 7.57. The summed E-state index contributed by atoms with van der Waals surface area (Å²) in [6.07, 6.45) is 10.2. The van der Waals surface area contributed by atoms with Gasteiger partial charge in [0.25, 0.3) is 0 Å². The monoisotopic (exact) mass is 216 g/mol. The van der Waals surface area contributed by atoms with E-state index in [0.29, 0.717) is 0 Å². The number of unbranched alkanes of at least 4 members (excludes halogenated alkanes) is 1. The van der Waals surface area contributed by atoms with E-state index in [2.05, 4.69) is 13.8 Å². The zero-order valence-electron chi connectivity index (χ0n) is 11.6. The van der Waals surface area contributed by atoms with Crippen molar-refractivity contribution in [3.05, 3.63) is 0 Å². The number of hydrogen-bond acceptors (Lipinski definition) is 1. The van der Waals surface area contributed by atoms with Gasteiger partial charge in [0.05, 0.1) is 0 Å². The van der Waals surface area contributed by atoms with Crippen molar-refractivity contribution in [1.29, 1.82) is 0 Å². The Bertz CT molecular complexity index is 104. The molecule has 0 unspecified atom stereocenters. The molecule has 0 aromatic carbocycles. The van der Waals surface area contributed by atoms with Gasteiger partial charge in [-0.3, -0.25) is 0 Å². The molecule has 0 aromatic rings. The van der Waals surface area contributed by atoms with Crippen LogP contribution in [0.1, 0.15) is 79.6 Å². The van der Waals surface area contributed by atoms with E-state index in [9.17, 15) is 0 Å². The minimum absolute atomic E-state index is 0.250. The van der Waals surface area contributed by atoms with Gasteiger partial charge in [0.2, 0.25) is 0 Å². The first-order valence-corrected chi connectivity index (χ1v) is 6.79. The molecule has 1 aliphatic carbocycles. The standard InChI is InChI=1S/C10H20.C2H6O.C2H6/c1-3-4-7-10(2)8-5-6-9-10;1-2-3;1-2/h3-9H2,1-2H3;3H,2H2,1H3;1-2H3. The molecule has 0 aromatic heterocycles. The van der Waals surface area contributed by atoms with Crippen LogP contribution >= 0.6 is 0 Å². The Labute approximate surface area is 97.3 Å². The van der Waals surface area contributed by atoms with Crippen molar-refractivity contribution in [1.82, 2.24) is 0 Å². The average Bonchev–Trinajstić information content (AvgIpc) is 2.67. The van der Waals surface area contributed by atoms with Crippen LogP contribution in [0.4, 0.5) is 0 Å². The summed E-state index contributed by atoms with van der Waals surface area (Å²) in [7, 11) is 0. The van der Waals surface area contributed by atoms with E-state index < -0.39 is 0 Å². The molecule has 0 aliphatic heterocycles. The zero-order chi connectivity index (χ0) is 12.2. The van der Waals surface area contributed by atoms with Crippen LogP contribution < -0.4 is 0 Å². The molecule has 1 fully saturated rings. The van der Waals surface area contributed by atoms with Crippen LogP contribution in [0.3, 0.4) is 0 Å². The lowest BCUT2D eigenvalue weighted by atomic mass is 9.83. The van der Waals surface area contributed by atoms with Crippen LogP contribution in [-0.2, 0) is 0 Å². The lowest BCUT2D eigenvalue weighted by Crippen LogP contribution is -2.09. The predicted molar refractivity (Wildman–Crippen MR) is 70.2 cm³/mol. The van der Waals surface area contributed by atoms with E-state index in [-0.39, 0.29) is 6.61 Å². The van der Waals surface area contributed by atoms with Gasteiger partial charge >= 0.3 is 0 Å². The third-order valence-corrected chi connectivity index (χ3v) is 2.94. The summed E-state index contributed by atoms with van der Waals surface area (Å²) in [5.41, 5.74) is 0.746. The zero-order valence-corrected chi connectivity index (χ0v) is 11.6. The summed E-state index contributed by atoms with van der Waals surface area (Å²) in [5.74, 6) is 0. The van der Waals surface area contributed by atoms with E-state index in [1.807, 2.05) is 13.8 Å². The van der Waals surface area contributed by atoms with Crippen LogP contribution in [0.5, 0.6) is 0 Å². The number of aliphatic hydroxyl groups is 1. The summed E-state index contributed by atoms with van der Waals surface area (Å²) < 4.78 is 0. The lowest BCUT2D eigenvalue weighted by Gasteiger charge is -2.22. The van der Waals surface area contributed by atoms with Gasteiger partial charge < -0.3 is 5.11 Å². The van der Waals surface area contributed by atoms with Crippen molar-refractivity contribution < 1.29 is 5.11 Å². The third-order valence-electron chi connectivity index (χ3n) is 2.94. The lowest BCUT2D eigenvalue weighted by molar-refractivity contribution is 0.298. The molecule has 15 heavy (non-hydrogen) atoms. The normalized spacial score (nSPS) is 17.2. The van der Waals surface area contributed by atoms with E-state index in [1.165, 1.54) is 44.9 Å². The van der Waals surface area contributed by atoms with Gasteiger partial charge in [-0.25, -0.2) is 0 Å². The average molecular weight is 216 g/mol. The molecule has 1 aliphatic rings. The quantitative estimate of drug-likeness (QED) is 0.719. The molecule has 1 rings (SSSR count). The van der Waals surface area contributed by atoms with E-state index in [0.717, 1.165) is 5.41 Å². The fourth-order valence-electron chi connectivity index (χ4n) is 2.08. The molecule has 94 valence electrons. The molecule has 0 atom stereocenters. The highest BCUT2D eigenvalue weighted by Crippen LogP contribution is 2.41. The van der Waals surface area contributed by atoms with Crippen LogP contribution in [0.15, 0.2) is 0 Å². The number of hydrogen-bond donors (Lipinski definition) is 1. The van der Waals surface area contributed by atoms with Crippen LogP contribution in [-0.4, -0.2) is 11.7 Å². The smallest absolute Gasteiger partial charge is 0.0402 e. The highest BCUT2D eigenvalue weighted by atomic mass is 16.2. The van der Waals surface area contributed by atoms with Crippen LogP contribution in [0.25, 0.3) is 0 Å². The Hall–Kier alpha value is -0.0400. The van der Waals surface area contributed by atoms with Crippen molar-refractivity contribution in [2.75, 3.05) is 6.61 Å². The molecule has 0 bridgehead atoms. The first kappa shape index (κ1) is 17.4. The van der Waals surface area contributed by atoms with Gasteiger partial charge in [-0.2, -0.15) is 0 Å². The molecule has 1 nitrogen and oxygen atoms in total. The van der Waals surface area contributed by atoms with Gasteiger partial charge in [0, 0.05) is 6.61 Å². The van der Waals surface area contributed by atoms with E-state index in [4.69, 9.17) is 5.11 Å². The first-order valence-electron chi connectivity index (χ1n) is 6.79. The minimum Gasteiger partial charge on any atom is -0.397 e. The molecule has 0 saturated heterocycles. The van der Waals surface area contributed by atoms with Gasteiger partial charge in [-0.05, 0) is 31.6 Å². The predicted octanol–water partition coefficient (Wildman–Crippen LogP) is 4.78. The molecule has 0 heterocycles. The van der Waals surface area contributed by atoms with Crippen molar-refractivity contribution >= 4 is 0 Å². The second kappa shape index (κ2) is 12.0. The van der Waals surface area contributed by atoms with E-state index in [1.54, 1.807) is 6.92 Å². The Morgan fingerprint density at radius 3 is 1.80 bits per heavy atom. The second-order valence-electron chi connectivity index (χ2n) is 4.44. The van der Waals surface area contributed by atoms with Crippen molar-refractivity contribution in [2.24, 2.45) is 5.41 Å². The molecule has 0 radical (unpaired) electrons. The summed E-state index contributed by atoms with van der Waals surface area (Å²) in [6.45, 7) is 10.7. The SMILES string of the molecule is CC.CCCCC1(C)CCCC1.CCO. The Morgan fingerprint density at radius 1 is 1.07 bits per heavy atom. The van der Waals surface area contributed by atoms with Crippen LogP contribution in [0, 0.1) is 5.41 Å². The fourth-order valence-corrected chi connectivity index (χ4v) is 2.08. The highest BCUT2D eigenvalue weighted by Gasteiger charge is 2.27. The number of aliphatic hydroxyl groups excluding tert-OH is 1. The van der Waals surface area contributed by atoms with Gasteiger partial charge in [0.15, 0.2) is 0 Å². The largest absolute Gasteiger partial charge is 0.397 e. The molecule has 1 saturated carbocycles. The van der Waals surface area contributed by atoms with Gasteiger partial charge in [-0.1, -0.05) is 53.4 Å². The molecule has 1 N–H and O–H groups in total. The maximum atomic E-state index is 7.57. The fraction of sp³-hybridized carbons (Fsp3) is 1.00. The molecule has 0 amide bonds. The van der Waals surface area contributed by atoms with Crippen molar-refractivity contribution in [2.45, 2.75) is 79.6 Å². The first-order chi connectivity index (χ1) is 7.18. The van der Waals surface area contributed by atoms with Crippen molar-refractivity contribution in [3.63, 3.8) is 0 Å². The molecular weight excluding hydrogens is 184 g/mol. The van der Waals surface area contributed by atoms with Gasteiger partial charge in [-0.15, -0.1) is 0 Å². The van der Waals surface area contributed by atoms with Crippen LogP contribution in [0.2, 0.25) is 0 Å². The Balaban J connectivity index is 0. The number of rotatable bonds is 3. The van der Waals surface area contributed by atoms with Crippen molar-refractivity contribution in [3.8, 4) is 0 Å².